The number of thioether (sulfide) groups is 1. The van der Waals surface area contributed by atoms with Crippen molar-refractivity contribution in [3.05, 3.63) is 78.1 Å². The summed E-state index contributed by atoms with van der Waals surface area (Å²) in [5, 5.41) is 12.0. The van der Waals surface area contributed by atoms with Crippen LogP contribution in [0.5, 0.6) is 5.75 Å². The molecule has 0 saturated heterocycles. The van der Waals surface area contributed by atoms with Crippen LogP contribution in [0.4, 0.5) is 5.69 Å². The molecule has 1 N–H and O–H groups in total. The molecule has 0 saturated carbocycles. The van der Waals surface area contributed by atoms with E-state index >= 15 is 0 Å². The Balaban J connectivity index is 1.61. The predicted molar refractivity (Wildman–Crippen MR) is 116 cm³/mol. The van der Waals surface area contributed by atoms with Gasteiger partial charge in [0.25, 0.3) is 0 Å². The molecule has 1 aromatic heterocycles. The molecule has 29 heavy (non-hydrogen) atoms. The van der Waals surface area contributed by atoms with Gasteiger partial charge in [-0.25, -0.2) is 0 Å². The number of carbonyl (C=O) groups excluding carboxylic acids is 1. The van der Waals surface area contributed by atoms with Gasteiger partial charge in [-0.1, -0.05) is 53.7 Å². The van der Waals surface area contributed by atoms with Crippen LogP contribution in [0, 0.1) is 13.8 Å². The first-order chi connectivity index (χ1) is 14.1. The molecule has 0 spiro atoms. The number of benzene rings is 2. The summed E-state index contributed by atoms with van der Waals surface area (Å²) in [4.78, 5) is 12.3. The highest BCUT2D eigenvalue weighted by Crippen LogP contribution is 2.21. The number of para-hydroxylation sites is 1. The Bertz CT molecular complexity index is 983. The van der Waals surface area contributed by atoms with Gasteiger partial charge in [-0.3, -0.25) is 9.36 Å². The minimum absolute atomic E-state index is 0.0929. The molecule has 0 fully saturated rings. The minimum atomic E-state index is -0.0929. The number of hydrogen-bond acceptors (Lipinski definition) is 5. The number of hydrogen-bond donors (Lipinski definition) is 1. The van der Waals surface area contributed by atoms with Crippen LogP contribution in [0.2, 0.25) is 0 Å². The lowest BCUT2D eigenvalue weighted by Crippen LogP contribution is -2.15. The van der Waals surface area contributed by atoms with E-state index in [1.54, 1.807) is 6.08 Å². The second kappa shape index (κ2) is 9.93. The Hall–Kier alpha value is -3.06. The van der Waals surface area contributed by atoms with Crippen molar-refractivity contribution in [1.29, 1.82) is 0 Å². The van der Waals surface area contributed by atoms with Crippen LogP contribution in [-0.2, 0) is 17.9 Å². The van der Waals surface area contributed by atoms with Crippen molar-refractivity contribution in [3.63, 3.8) is 0 Å². The van der Waals surface area contributed by atoms with E-state index in [1.165, 1.54) is 11.8 Å². The Labute approximate surface area is 175 Å². The molecular weight excluding hydrogens is 384 g/mol. The number of anilines is 1. The van der Waals surface area contributed by atoms with Crippen molar-refractivity contribution in [2.75, 3.05) is 11.1 Å². The number of aromatic nitrogens is 3. The van der Waals surface area contributed by atoms with E-state index in [-0.39, 0.29) is 11.7 Å². The first kappa shape index (κ1) is 20.7. The van der Waals surface area contributed by atoms with Crippen LogP contribution in [-0.4, -0.2) is 26.4 Å². The molecule has 0 bridgehead atoms. The molecule has 1 heterocycles. The molecule has 2 aromatic carbocycles. The quantitative estimate of drug-likeness (QED) is 0.420. The maximum absolute atomic E-state index is 12.3. The summed E-state index contributed by atoms with van der Waals surface area (Å²) in [6.07, 6.45) is 1.77. The second-order valence-electron chi connectivity index (χ2n) is 6.56. The number of nitrogens with one attached hydrogen (secondary N) is 1. The van der Waals surface area contributed by atoms with Crippen LogP contribution in [0.25, 0.3) is 0 Å². The van der Waals surface area contributed by atoms with Crippen LogP contribution in [0.1, 0.15) is 17.0 Å². The number of amides is 1. The van der Waals surface area contributed by atoms with E-state index in [4.69, 9.17) is 4.74 Å². The van der Waals surface area contributed by atoms with Gasteiger partial charge in [-0.15, -0.1) is 16.8 Å². The Morgan fingerprint density at radius 3 is 2.66 bits per heavy atom. The average Bonchev–Trinajstić information content (AvgIpc) is 3.09. The van der Waals surface area contributed by atoms with Gasteiger partial charge < -0.3 is 10.1 Å². The summed E-state index contributed by atoms with van der Waals surface area (Å²) in [6.45, 7) is 8.65. The van der Waals surface area contributed by atoms with Crippen molar-refractivity contribution >= 4 is 23.4 Å². The monoisotopic (exact) mass is 408 g/mol. The summed E-state index contributed by atoms with van der Waals surface area (Å²) < 4.78 is 7.80. The number of nitrogens with zero attached hydrogens (tertiary/aromatic N) is 3. The molecule has 7 heteroatoms. The van der Waals surface area contributed by atoms with E-state index < -0.39 is 0 Å². The van der Waals surface area contributed by atoms with Crippen LogP contribution >= 0.6 is 11.8 Å². The van der Waals surface area contributed by atoms with Gasteiger partial charge in [0.05, 0.1) is 5.75 Å². The lowest BCUT2D eigenvalue weighted by atomic mass is 10.2. The van der Waals surface area contributed by atoms with E-state index in [2.05, 4.69) is 22.1 Å². The molecule has 0 unspecified atom stereocenters. The minimum Gasteiger partial charge on any atom is -0.485 e. The summed E-state index contributed by atoms with van der Waals surface area (Å²) in [7, 11) is 0. The van der Waals surface area contributed by atoms with Gasteiger partial charge in [0, 0.05) is 12.2 Å². The Kier molecular flexibility index (Phi) is 7.08. The molecule has 3 rings (SSSR count). The zero-order chi connectivity index (χ0) is 20.6. The Morgan fingerprint density at radius 2 is 1.93 bits per heavy atom. The first-order valence-corrected chi connectivity index (χ1v) is 10.3. The van der Waals surface area contributed by atoms with Gasteiger partial charge in [-0.05, 0) is 37.6 Å². The van der Waals surface area contributed by atoms with Gasteiger partial charge in [0.2, 0.25) is 5.91 Å². The lowest BCUT2D eigenvalue weighted by molar-refractivity contribution is -0.113. The van der Waals surface area contributed by atoms with Crippen LogP contribution < -0.4 is 10.1 Å². The molecule has 3 aromatic rings. The maximum Gasteiger partial charge on any atom is 0.234 e. The zero-order valence-electron chi connectivity index (χ0n) is 16.6. The number of allylic oxidation sites excluding steroid dienone is 1. The van der Waals surface area contributed by atoms with Gasteiger partial charge in [0.1, 0.15) is 12.4 Å². The lowest BCUT2D eigenvalue weighted by Gasteiger charge is -2.10. The van der Waals surface area contributed by atoms with Crippen molar-refractivity contribution in [3.8, 4) is 5.75 Å². The average molecular weight is 409 g/mol. The van der Waals surface area contributed by atoms with Crippen molar-refractivity contribution in [2.45, 2.75) is 32.2 Å². The zero-order valence-corrected chi connectivity index (χ0v) is 17.4. The molecule has 1 amide bonds. The number of carbonyl (C=O) groups is 1. The highest BCUT2D eigenvalue weighted by molar-refractivity contribution is 7.99. The third kappa shape index (κ3) is 5.71. The SMILES string of the molecule is C=CCn1c(COc2ccccc2C)nnc1SCC(=O)Nc1ccc(C)cc1. The third-order valence-corrected chi connectivity index (χ3v) is 5.19. The van der Waals surface area contributed by atoms with Crippen molar-refractivity contribution in [2.24, 2.45) is 0 Å². The van der Waals surface area contributed by atoms with E-state index in [1.807, 2.05) is 66.9 Å². The van der Waals surface area contributed by atoms with Crippen LogP contribution in [0.15, 0.2) is 66.3 Å². The Morgan fingerprint density at radius 1 is 1.17 bits per heavy atom. The smallest absolute Gasteiger partial charge is 0.234 e. The van der Waals surface area contributed by atoms with E-state index in [0.717, 1.165) is 22.6 Å². The number of rotatable bonds is 9. The number of ether oxygens (including phenoxy) is 1. The molecule has 0 aliphatic rings. The molecule has 0 aliphatic carbocycles. The molecule has 0 atom stereocenters. The topological polar surface area (TPSA) is 69.0 Å². The molecule has 0 aliphatic heterocycles. The van der Waals surface area contributed by atoms with Gasteiger partial charge in [-0.2, -0.15) is 0 Å². The predicted octanol–water partition coefficient (Wildman–Crippen LogP) is 4.39. The van der Waals surface area contributed by atoms with Crippen molar-refractivity contribution in [1.82, 2.24) is 14.8 Å². The maximum atomic E-state index is 12.3. The summed E-state index contributed by atoms with van der Waals surface area (Å²) >= 11 is 1.34. The van der Waals surface area contributed by atoms with Gasteiger partial charge >= 0.3 is 0 Å². The standard InChI is InChI=1S/C22H24N4O2S/c1-4-13-26-20(14-28-19-8-6-5-7-17(19)3)24-25-22(26)29-15-21(27)23-18-11-9-16(2)10-12-18/h4-12H,1,13-15H2,2-3H3,(H,23,27). The summed E-state index contributed by atoms with van der Waals surface area (Å²) in [6, 6.07) is 15.5. The van der Waals surface area contributed by atoms with E-state index in [9.17, 15) is 4.79 Å². The molecule has 6 nitrogen and oxygen atoms in total. The molecule has 0 radical (unpaired) electrons. The fraction of sp³-hybridized carbons (Fsp3) is 0.227. The largest absolute Gasteiger partial charge is 0.485 e. The fourth-order valence-electron chi connectivity index (χ4n) is 2.67. The first-order valence-electron chi connectivity index (χ1n) is 9.27. The summed E-state index contributed by atoms with van der Waals surface area (Å²) in [5.41, 5.74) is 2.99. The van der Waals surface area contributed by atoms with E-state index in [0.29, 0.717) is 24.1 Å². The normalized spacial score (nSPS) is 10.6. The highest BCUT2D eigenvalue weighted by Gasteiger charge is 2.14. The van der Waals surface area contributed by atoms with Crippen LogP contribution in [0.3, 0.4) is 0 Å². The van der Waals surface area contributed by atoms with Crippen molar-refractivity contribution < 1.29 is 9.53 Å². The molecular formula is C22H24N4O2S. The highest BCUT2D eigenvalue weighted by atomic mass is 32.2. The fourth-order valence-corrected chi connectivity index (χ4v) is 3.44. The number of aryl methyl sites for hydroxylation is 2. The van der Waals surface area contributed by atoms with Gasteiger partial charge in [0.15, 0.2) is 11.0 Å². The molecule has 150 valence electrons. The summed E-state index contributed by atoms with van der Waals surface area (Å²) in [5.74, 6) is 1.65. The third-order valence-electron chi connectivity index (χ3n) is 4.22. The second-order valence-corrected chi connectivity index (χ2v) is 7.50.